The zero-order chi connectivity index (χ0) is 5.98. The third-order valence-corrected chi connectivity index (χ3v) is 1.60. The number of hydrogen-bond donors (Lipinski definition) is 0. The standard InChI is InChI=1S/C7H9F/c1-2-6-3-4-7(8)5-6/h1,6-7H,3-5H2. The summed E-state index contributed by atoms with van der Waals surface area (Å²) in [6.45, 7) is 0. The van der Waals surface area contributed by atoms with E-state index in [1.165, 1.54) is 0 Å². The second-order valence-electron chi connectivity index (χ2n) is 2.27. The molecule has 0 radical (unpaired) electrons. The largest absolute Gasteiger partial charge is 0.247 e. The number of terminal acetylenes is 1. The van der Waals surface area contributed by atoms with E-state index in [2.05, 4.69) is 5.92 Å². The van der Waals surface area contributed by atoms with Crippen molar-refractivity contribution in [3.63, 3.8) is 0 Å². The molecule has 0 bridgehead atoms. The van der Waals surface area contributed by atoms with Crippen molar-refractivity contribution < 1.29 is 4.39 Å². The summed E-state index contributed by atoms with van der Waals surface area (Å²) < 4.78 is 12.3. The molecule has 2 unspecified atom stereocenters. The lowest BCUT2D eigenvalue weighted by Crippen LogP contribution is -1.91. The quantitative estimate of drug-likeness (QED) is 0.419. The summed E-state index contributed by atoms with van der Waals surface area (Å²) in [4.78, 5) is 0. The van der Waals surface area contributed by atoms with Crippen LogP contribution in [-0.4, -0.2) is 6.17 Å². The first kappa shape index (κ1) is 5.62. The van der Waals surface area contributed by atoms with Gasteiger partial charge < -0.3 is 0 Å². The first-order valence-electron chi connectivity index (χ1n) is 2.93. The second-order valence-corrected chi connectivity index (χ2v) is 2.27. The Bertz CT molecular complexity index is 112. The summed E-state index contributed by atoms with van der Waals surface area (Å²) in [5.41, 5.74) is 0. The van der Waals surface area contributed by atoms with E-state index in [0.717, 1.165) is 6.42 Å². The van der Waals surface area contributed by atoms with Gasteiger partial charge in [-0.1, -0.05) is 0 Å². The molecule has 0 aromatic heterocycles. The van der Waals surface area contributed by atoms with Crippen LogP contribution >= 0.6 is 0 Å². The monoisotopic (exact) mass is 112 g/mol. The molecule has 8 heavy (non-hydrogen) atoms. The van der Waals surface area contributed by atoms with E-state index in [0.29, 0.717) is 12.8 Å². The highest BCUT2D eigenvalue weighted by Gasteiger charge is 2.21. The maximum Gasteiger partial charge on any atom is 0.101 e. The van der Waals surface area contributed by atoms with Gasteiger partial charge in [-0.3, -0.25) is 0 Å². The molecule has 1 heteroatoms. The van der Waals surface area contributed by atoms with E-state index in [-0.39, 0.29) is 5.92 Å². The highest BCUT2D eigenvalue weighted by Crippen LogP contribution is 2.26. The average Bonchev–Trinajstić information content (AvgIpc) is 2.14. The predicted molar refractivity (Wildman–Crippen MR) is 31.1 cm³/mol. The van der Waals surface area contributed by atoms with Crippen LogP contribution in [0.4, 0.5) is 4.39 Å². The van der Waals surface area contributed by atoms with Crippen LogP contribution in [0.25, 0.3) is 0 Å². The molecule has 0 spiro atoms. The molecule has 44 valence electrons. The molecule has 2 atom stereocenters. The summed E-state index contributed by atoms with van der Waals surface area (Å²) in [5, 5.41) is 0. The molecule has 0 aromatic carbocycles. The number of alkyl halides is 1. The van der Waals surface area contributed by atoms with Crippen LogP contribution in [0.2, 0.25) is 0 Å². The first-order chi connectivity index (χ1) is 3.83. The summed E-state index contributed by atoms with van der Waals surface area (Å²) in [5.74, 6) is 2.78. The fourth-order valence-corrected chi connectivity index (χ4v) is 1.08. The Morgan fingerprint density at radius 1 is 1.50 bits per heavy atom. The number of halogens is 1. The Hall–Kier alpha value is -0.510. The van der Waals surface area contributed by atoms with Gasteiger partial charge >= 0.3 is 0 Å². The normalized spacial score (nSPS) is 37.0. The van der Waals surface area contributed by atoms with Crippen LogP contribution in [0.3, 0.4) is 0 Å². The van der Waals surface area contributed by atoms with Crippen molar-refractivity contribution in [2.45, 2.75) is 25.4 Å². The Morgan fingerprint density at radius 2 is 2.25 bits per heavy atom. The van der Waals surface area contributed by atoms with Gasteiger partial charge in [0.25, 0.3) is 0 Å². The minimum Gasteiger partial charge on any atom is -0.247 e. The van der Waals surface area contributed by atoms with E-state index >= 15 is 0 Å². The van der Waals surface area contributed by atoms with Crippen molar-refractivity contribution in [2.24, 2.45) is 5.92 Å². The van der Waals surface area contributed by atoms with Crippen molar-refractivity contribution in [1.29, 1.82) is 0 Å². The van der Waals surface area contributed by atoms with Crippen LogP contribution in [-0.2, 0) is 0 Å². The lowest BCUT2D eigenvalue weighted by atomic mass is 10.1. The molecule has 1 aliphatic carbocycles. The van der Waals surface area contributed by atoms with Crippen molar-refractivity contribution >= 4 is 0 Å². The van der Waals surface area contributed by atoms with Crippen LogP contribution < -0.4 is 0 Å². The van der Waals surface area contributed by atoms with Gasteiger partial charge in [0.15, 0.2) is 0 Å². The van der Waals surface area contributed by atoms with Gasteiger partial charge in [-0.05, 0) is 19.3 Å². The smallest absolute Gasteiger partial charge is 0.101 e. The highest BCUT2D eigenvalue weighted by molar-refractivity contribution is 4.97. The number of rotatable bonds is 0. The van der Waals surface area contributed by atoms with Crippen molar-refractivity contribution in [3.8, 4) is 12.3 Å². The minimum atomic E-state index is -0.615. The van der Waals surface area contributed by atoms with Gasteiger partial charge in [-0.2, -0.15) is 0 Å². The molecule has 0 N–H and O–H groups in total. The zero-order valence-corrected chi connectivity index (χ0v) is 4.73. The van der Waals surface area contributed by atoms with Gasteiger partial charge in [-0.25, -0.2) is 4.39 Å². The topological polar surface area (TPSA) is 0 Å². The highest BCUT2D eigenvalue weighted by atomic mass is 19.1. The van der Waals surface area contributed by atoms with Gasteiger partial charge in [-0.15, -0.1) is 12.3 Å². The molecule has 0 aliphatic heterocycles. The molecule has 1 saturated carbocycles. The van der Waals surface area contributed by atoms with Crippen LogP contribution in [0.15, 0.2) is 0 Å². The van der Waals surface area contributed by atoms with Crippen molar-refractivity contribution in [1.82, 2.24) is 0 Å². The molecule has 1 aliphatic rings. The van der Waals surface area contributed by atoms with Gasteiger partial charge in [0.2, 0.25) is 0 Å². The van der Waals surface area contributed by atoms with E-state index in [4.69, 9.17) is 6.42 Å². The average molecular weight is 112 g/mol. The Kier molecular flexibility index (Phi) is 1.53. The lowest BCUT2D eigenvalue weighted by Gasteiger charge is -1.93. The minimum absolute atomic E-state index is 0.227. The maximum atomic E-state index is 12.3. The van der Waals surface area contributed by atoms with Crippen LogP contribution in [0.1, 0.15) is 19.3 Å². The Labute approximate surface area is 49.1 Å². The molecule has 0 nitrogen and oxygen atoms in total. The van der Waals surface area contributed by atoms with Crippen LogP contribution in [0, 0.1) is 18.3 Å². The summed E-state index contributed by atoms with van der Waals surface area (Å²) >= 11 is 0. The molecular weight excluding hydrogens is 103 g/mol. The van der Waals surface area contributed by atoms with Gasteiger partial charge in [0.1, 0.15) is 6.17 Å². The van der Waals surface area contributed by atoms with Gasteiger partial charge in [0.05, 0.1) is 0 Å². The SMILES string of the molecule is C#CC1CCC(F)C1. The molecule has 0 aromatic rings. The van der Waals surface area contributed by atoms with E-state index < -0.39 is 6.17 Å². The second kappa shape index (κ2) is 2.17. The molecule has 1 fully saturated rings. The molecule has 0 heterocycles. The third-order valence-electron chi connectivity index (χ3n) is 1.60. The van der Waals surface area contributed by atoms with Crippen molar-refractivity contribution in [3.05, 3.63) is 0 Å². The maximum absolute atomic E-state index is 12.3. The molecule has 0 saturated heterocycles. The van der Waals surface area contributed by atoms with Crippen molar-refractivity contribution in [2.75, 3.05) is 0 Å². The fraction of sp³-hybridized carbons (Fsp3) is 0.714. The summed E-state index contributed by atoms with van der Waals surface area (Å²) in [7, 11) is 0. The zero-order valence-electron chi connectivity index (χ0n) is 4.73. The molecule has 0 amide bonds. The fourth-order valence-electron chi connectivity index (χ4n) is 1.08. The predicted octanol–water partition coefficient (Wildman–Crippen LogP) is 1.76. The summed E-state index contributed by atoms with van der Waals surface area (Å²) in [6, 6.07) is 0. The molecular formula is C7H9F. The van der Waals surface area contributed by atoms with Gasteiger partial charge in [0, 0.05) is 5.92 Å². The van der Waals surface area contributed by atoms with E-state index in [1.54, 1.807) is 0 Å². The first-order valence-corrected chi connectivity index (χ1v) is 2.93. The Balaban J connectivity index is 2.35. The third kappa shape index (κ3) is 1.01. The van der Waals surface area contributed by atoms with E-state index in [9.17, 15) is 4.39 Å². The van der Waals surface area contributed by atoms with E-state index in [1.807, 2.05) is 0 Å². The Morgan fingerprint density at radius 3 is 2.50 bits per heavy atom. The number of hydrogen-bond acceptors (Lipinski definition) is 0. The summed E-state index contributed by atoms with van der Waals surface area (Å²) in [6.07, 6.45) is 6.62. The lowest BCUT2D eigenvalue weighted by molar-refractivity contribution is 0.338. The van der Waals surface area contributed by atoms with Crippen LogP contribution in [0.5, 0.6) is 0 Å². The molecule has 1 rings (SSSR count).